The lowest BCUT2D eigenvalue weighted by molar-refractivity contribution is 0.578. The molecule has 2 aliphatic rings. The van der Waals surface area contributed by atoms with Crippen LogP contribution in [0.3, 0.4) is 0 Å². The van der Waals surface area contributed by atoms with Crippen molar-refractivity contribution >= 4 is 43.7 Å². The van der Waals surface area contributed by atoms with Crippen molar-refractivity contribution in [2.75, 3.05) is 36.0 Å². The molecular weight excluding hydrogens is 581 g/mol. The Bertz CT molecular complexity index is 2250. The Kier molecular flexibility index (Phi) is 7.58. The van der Waals surface area contributed by atoms with Crippen molar-refractivity contribution in [3.63, 3.8) is 0 Å². The summed E-state index contributed by atoms with van der Waals surface area (Å²) in [7, 11) is 0. The number of benzene rings is 7. The second-order valence-electron chi connectivity index (χ2n) is 13.8. The Hall–Kier alpha value is -5.08. The summed E-state index contributed by atoms with van der Waals surface area (Å²) in [5, 5.41) is 7.91. The van der Waals surface area contributed by atoms with Gasteiger partial charge in [0.1, 0.15) is 0 Å². The van der Waals surface area contributed by atoms with Gasteiger partial charge in [-0.15, -0.1) is 0 Å². The fourth-order valence-corrected chi connectivity index (χ4v) is 8.45. The zero-order chi connectivity index (χ0) is 31.9. The molecule has 2 saturated heterocycles. The van der Waals surface area contributed by atoms with Crippen molar-refractivity contribution in [1.82, 2.24) is 0 Å². The second kappa shape index (κ2) is 12.5. The average Bonchev–Trinajstić information content (AvgIpc) is 3.17. The molecule has 2 aliphatic heterocycles. The van der Waals surface area contributed by atoms with Crippen molar-refractivity contribution in [1.29, 1.82) is 0 Å². The Morgan fingerprint density at radius 1 is 0.333 bits per heavy atom. The lowest BCUT2D eigenvalue weighted by atomic mass is 9.84. The molecule has 2 fully saturated rings. The lowest BCUT2D eigenvalue weighted by Gasteiger charge is -2.30. The largest absolute Gasteiger partial charge is 0.372 e. The van der Waals surface area contributed by atoms with Crippen LogP contribution in [0.5, 0.6) is 0 Å². The topological polar surface area (TPSA) is 6.48 Å². The first kappa shape index (κ1) is 29.1. The molecule has 2 heteroatoms. The zero-order valence-corrected chi connectivity index (χ0v) is 27.7. The molecule has 236 valence electrons. The van der Waals surface area contributed by atoms with E-state index in [0.29, 0.717) is 0 Å². The predicted molar refractivity (Wildman–Crippen MR) is 207 cm³/mol. The molecule has 0 bridgehead atoms. The van der Waals surface area contributed by atoms with E-state index in [4.69, 9.17) is 0 Å². The lowest BCUT2D eigenvalue weighted by Crippen LogP contribution is -2.29. The summed E-state index contributed by atoms with van der Waals surface area (Å²) < 4.78 is 0. The highest BCUT2D eigenvalue weighted by Gasteiger charge is 2.21. The minimum absolute atomic E-state index is 1.13. The van der Waals surface area contributed by atoms with Crippen molar-refractivity contribution in [2.24, 2.45) is 0 Å². The summed E-state index contributed by atoms with van der Waals surface area (Å²) in [6.45, 7) is 4.54. The summed E-state index contributed by atoms with van der Waals surface area (Å²) in [6, 6.07) is 50.5. The molecule has 9 rings (SSSR count). The third-order valence-electron chi connectivity index (χ3n) is 10.8. The van der Waals surface area contributed by atoms with Gasteiger partial charge in [-0.1, -0.05) is 103 Å². The zero-order valence-electron chi connectivity index (χ0n) is 27.7. The molecule has 2 heterocycles. The molecule has 0 aliphatic carbocycles. The Morgan fingerprint density at radius 3 is 1.52 bits per heavy atom. The van der Waals surface area contributed by atoms with E-state index in [1.165, 1.54) is 116 Å². The molecule has 0 amide bonds. The first-order valence-corrected chi connectivity index (χ1v) is 18.0. The third kappa shape index (κ3) is 5.21. The molecule has 48 heavy (non-hydrogen) atoms. The predicted octanol–water partition coefficient (Wildman–Crippen LogP) is 12.1. The number of anilines is 2. The van der Waals surface area contributed by atoms with Gasteiger partial charge in [0.25, 0.3) is 0 Å². The second-order valence-corrected chi connectivity index (χ2v) is 13.8. The highest BCUT2D eigenvalue weighted by Crippen LogP contribution is 2.47. The van der Waals surface area contributed by atoms with E-state index in [9.17, 15) is 0 Å². The van der Waals surface area contributed by atoms with Crippen LogP contribution < -0.4 is 9.80 Å². The van der Waals surface area contributed by atoms with E-state index in [-0.39, 0.29) is 0 Å². The fourth-order valence-electron chi connectivity index (χ4n) is 8.45. The third-order valence-corrected chi connectivity index (χ3v) is 10.8. The summed E-state index contributed by atoms with van der Waals surface area (Å²) in [4.78, 5) is 5.20. The Labute approximate surface area is 284 Å². The smallest absolute Gasteiger partial charge is 0.0372 e. The van der Waals surface area contributed by atoms with Gasteiger partial charge in [0.15, 0.2) is 0 Å². The molecule has 0 spiro atoms. The van der Waals surface area contributed by atoms with Crippen molar-refractivity contribution in [3.8, 4) is 33.4 Å². The van der Waals surface area contributed by atoms with Crippen molar-refractivity contribution in [3.05, 3.63) is 133 Å². The van der Waals surface area contributed by atoms with Crippen LogP contribution in [0.15, 0.2) is 133 Å². The van der Waals surface area contributed by atoms with Gasteiger partial charge < -0.3 is 9.80 Å². The Balaban J connectivity index is 1.34. The van der Waals surface area contributed by atoms with Gasteiger partial charge in [-0.3, -0.25) is 0 Å². The van der Waals surface area contributed by atoms with Gasteiger partial charge >= 0.3 is 0 Å². The highest BCUT2D eigenvalue weighted by molar-refractivity contribution is 6.22. The van der Waals surface area contributed by atoms with Gasteiger partial charge in [0.2, 0.25) is 0 Å². The first-order valence-electron chi connectivity index (χ1n) is 18.0. The van der Waals surface area contributed by atoms with Gasteiger partial charge in [0, 0.05) is 37.6 Å². The number of hydrogen-bond acceptors (Lipinski definition) is 2. The van der Waals surface area contributed by atoms with Crippen molar-refractivity contribution < 1.29 is 0 Å². The van der Waals surface area contributed by atoms with Crippen molar-refractivity contribution in [2.45, 2.75) is 38.5 Å². The van der Waals surface area contributed by atoms with E-state index in [0.717, 1.165) is 26.2 Å². The maximum absolute atomic E-state index is 2.60. The molecule has 2 nitrogen and oxygen atoms in total. The minimum Gasteiger partial charge on any atom is -0.372 e. The number of hydrogen-bond donors (Lipinski definition) is 0. The van der Waals surface area contributed by atoms with E-state index in [1.54, 1.807) is 0 Å². The van der Waals surface area contributed by atoms with Crippen LogP contribution in [0.25, 0.3) is 65.7 Å². The van der Waals surface area contributed by atoms with Gasteiger partial charge in [-0.05, 0) is 135 Å². The van der Waals surface area contributed by atoms with Gasteiger partial charge in [-0.2, -0.15) is 0 Å². The monoisotopic (exact) mass is 622 g/mol. The summed E-state index contributed by atoms with van der Waals surface area (Å²) >= 11 is 0. The molecule has 0 unspecified atom stereocenters. The van der Waals surface area contributed by atoms with E-state index < -0.39 is 0 Å². The van der Waals surface area contributed by atoms with Gasteiger partial charge in [-0.25, -0.2) is 0 Å². The first-order chi connectivity index (χ1) is 23.8. The standard InChI is InChI=1S/C46H42N2/c1-4-15-34(16-5-1)45-41-24-22-38(48-28-10-3-11-29-48)32-44(41)46(42-25-23-37(31-43(42)45)47-26-8-2-9-27-47)36-19-12-18-35(30-36)40-21-13-17-33-14-6-7-20-39(33)40/h1,4-7,12-25,30-32H,2-3,8-11,26-29H2. The van der Waals surface area contributed by atoms with Gasteiger partial charge in [0.05, 0.1) is 0 Å². The van der Waals surface area contributed by atoms with Crippen LogP contribution in [0.1, 0.15) is 38.5 Å². The highest BCUT2D eigenvalue weighted by atomic mass is 15.1. The van der Waals surface area contributed by atoms with Crippen LogP contribution in [0.4, 0.5) is 11.4 Å². The summed E-state index contributed by atoms with van der Waals surface area (Å²) in [5.41, 5.74) is 10.5. The number of piperidine rings is 2. The summed E-state index contributed by atoms with van der Waals surface area (Å²) in [6.07, 6.45) is 7.74. The number of rotatable bonds is 5. The van der Waals surface area contributed by atoms with Crippen LogP contribution in [0, 0.1) is 0 Å². The SMILES string of the molecule is c1ccc(-c2c3ccc(N4CCCCC4)cc3c(-c3cccc(-c4cccc5ccccc45)c3)c3ccc(N4CCCCC4)cc23)cc1. The molecule has 7 aromatic carbocycles. The molecule has 0 N–H and O–H groups in total. The maximum atomic E-state index is 2.60. The maximum Gasteiger partial charge on any atom is 0.0372 e. The average molecular weight is 623 g/mol. The molecule has 0 radical (unpaired) electrons. The van der Waals surface area contributed by atoms with Crippen LogP contribution in [-0.2, 0) is 0 Å². The fraction of sp³-hybridized carbons (Fsp3) is 0.217. The molecule has 0 atom stereocenters. The Morgan fingerprint density at radius 2 is 0.854 bits per heavy atom. The number of nitrogens with zero attached hydrogens (tertiary/aromatic N) is 2. The molecular formula is C46H42N2. The minimum atomic E-state index is 1.13. The van der Waals surface area contributed by atoms with Crippen LogP contribution in [0.2, 0.25) is 0 Å². The summed E-state index contributed by atoms with van der Waals surface area (Å²) in [5.74, 6) is 0. The van der Waals surface area contributed by atoms with E-state index >= 15 is 0 Å². The molecule has 7 aromatic rings. The van der Waals surface area contributed by atoms with E-state index in [2.05, 4.69) is 143 Å². The normalized spacial score (nSPS) is 15.4. The molecule has 0 aromatic heterocycles. The quantitative estimate of drug-likeness (QED) is 0.176. The van der Waals surface area contributed by atoms with Crippen LogP contribution in [-0.4, -0.2) is 26.2 Å². The number of fused-ring (bicyclic) bond motifs is 3. The van der Waals surface area contributed by atoms with Crippen LogP contribution >= 0.6 is 0 Å². The molecule has 0 saturated carbocycles. The van der Waals surface area contributed by atoms with E-state index in [1.807, 2.05) is 0 Å².